The molecule has 1 aliphatic carbocycles. The van der Waals surface area contributed by atoms with Gasteiger partial charge in [0.15, 0.2) is 5.78 Å². The van der Waals surface area contributed by atoms with E-state index < -0.39 is 16.8 Å². The number of rotatable bonds is 6. The average Bonchev–Trinajstić information content (AvgIpc) is 3.18. The molecule has 0 saturated carbocycles. The number of hydrogen-bond acceptors (Lipinski definition) is 7. The Morgan fingerprint density at radius 1 is 1.08 bits per heavy atom. The van der Waals surface area contributed by atoms with Gasteiger partial charge in [-0.2, -0.15) is 0 Å². The van der Waals surface area contributed by atoms with Gasteiger partial charge in [-0.25, -0.2) is 4.79 Å². The Labute approximate surface area is 217 Å². The van der Waals surface area contributed by atoms with Crippen molar-refractivity contribution >= 4 is 34.7 Å². The molecule has 0 saturated heterocycles. The summed E-state index contributed by atoms with van der Waals surface area (Å²) in [5.74, 6) is -0.996. The van der Waals surface area contributed by atoms with Gasteiger partial charge in [-0.3, -0.25) is 14.9 Å². The van der Waals surface area contributed by atoms with Crippen LogP contribution in [0.1, 0.15) is 39.9 Å². The Balaban J connectivity index is 1.49. The second-order valence-electron chi connectivity index (χ2n) is 8.65. The van der Waals surface area contributed by atoms with Crippen LogP contribution in [0.3, 0.4) is 0 Å². The van der Waals surface area contributed by atoms with Gasteiger partial charge in [0, 0.05) is 40.4 Å². The second-order valence-corrected chi connectivity index (χ2v) is 9.06. The quantitative estimate of drug-likeness (QED) is 0.259. The van der Waals surface area contributed by atoms with Gasteiger partial charge in [0.2, 0.25) is 0 Å². The molecule has 3 aromatic carbocycles. The van der Waals surface area contributed by atoms with Crippen LogP contribution >= 0.6 is 11.6 Å². The summed E-state index contributed by atoms with van der Waals surface area (Å²) in [5.41, 5.74) is 4.78. The molecular weight excluding hydrogens is 496 g/mol. The van der Waals surface area contributed by atoms with Crippen LogP contribution in [0.2, 0.25) is 5.02 Å². The van der Waals surface area contributed by atoms with Crippen molar-refractivity contribution in [3.8, 4) is 5.75 Å². The predicted molar refractivity (Wildman–Crippen MR) is 137 cm³/mol. The molecule has 0 spiro atoms. The van der Waals surface area contributed by atoms with E-state index in [1.54, 1.807) is 49.4 Å². The van der Waals surface area contributed by atoms with Gasteiger partial charge in [-0.05, 0) is 42.3 Å². The van der Waals surface area contributed by atoms with Crippen LogP contribution in [-0.4, -0.2) is 23.8 Å². The number of nitro groups is 1. The maximum atomic E-state index is 13.5. The van der Waals surface area contributed by atoms with E-state index in [9.17, 15) is 19.7 Å². The van der Waals surface area contributed by atoms with Crippen molar-refractivity contribution in [2.24, 2.45) is 0 Å². The lowest BCUT2D eigenvalue weighted by atomic mass is 9.80. The molecule has 0 radical (unpaired) electrons. The Morgan fingerprint density at radius 2 is 1.78 bits per heavy atom. The van der Waals surface area contributed by atoms with Gasteiger partial charge in [-0.1, -0.05) is 41.9 Å². The van der Waals surface area contributed by atoms with Crippen molar-refractivity contribution in [2.75, 3.05) is 7.11 Å². The summed E-state index contributed by atoms with van der Waals surface area (Å²) < 4.78 is 10.9. The highest BCUT2D eigenvalue weighted by molar-refractivity contribution is 6.32. The number of hydrogen-bond donors (Lipinski definition) is 1. The molecule has 186 valence electrons. The van der Waals surface area contributed by atoms with Gasteiger partial charge >= 0.3 is 5.97 Å². The van der Waals surface area contributed by atoms with Crippen LogP contribution < -0.4 is 10.1 Å². The van der Waals surface area contributed by atoms with Gasteiger partial charge < -0.3 is 14.8 Å². The topological polar surface area (TPSA) is 108 Å². The second kappa shape index (κ2) is 9.55. The standard InChI is InChI=1S/C28H21ClN2O6/c1-15-23(28(33)36-2)24(25-26(30-15)19-5-3-4-6-20(19)27(25)32)17-9-12-22(21(29)13-17)37-14-16-7-10-18(11-8-16)31(34)35/h3-13,24,30H,14H2,1-2H3/t24-/m1/s1. The highest BCUT2D eigenvalue weighted by atomic mass is 35.5. The fourth-order valence-corrected chi connectivity index (χ4v) is 4.98. The highest BCUT2D eigenvalue weighted by Gasteiger charge is 2.42. The van der Waals surface area contributed by atoms with E-state index in [0.29, 0.717) is 44.4 Å². The van der Waals surface area contributed by atoms with E-state index in [2.05, 4.69) is 5.32 Å². The number of benzene rings is 3. The molecule has 9 heteroatoms. The number of carbonyl (C=O) groups is 2. The third-order valence-corrected chi connectivity index (χ3v) is 6.78. The molecule has 1 aliphatic heterocycles. The number of nitro benzene ring substituents is 1. The van der Waals surface area contributed by atoms with Crippen LogP contribution in [-0.2, 0) is 16.1 Å². The maximum Gasteiger partial charge on any atom is 0.336 e. The number of non-ortho nitro benzene ring substituents is 1. The molecule has 0 bridgehead atoms. The third-order valence-electron chi connectivity index (χ3n) is 6.48. The van der Waals surface area contributed by atoms with Gasteiger partial charge in [0.25, 0.3) is 5.69 Å². The first-order chi connectivity index (χ1) is 17.8. The number of allylic oxidation sites excluding steroid dienone is 2. The number of ketones is 1. The van der Waals surface area contributed by atoms with Crippen molar-refractivity contribution in [1.29, 1.82) is 0 Å². The monoisotopic (exact) mass is 516 g/mol. The molecule has 5 rings (SSSR count). The lowest BCUT2D eigenvalue weighted by molar-refractivity contribution is -0.384. The number of halogens is 1. The van der Waals surface area contributed by atoms with E-state index in [0.717, 1.165) is 11.1 Å². The number of Topliss-reactive ketones (excluding diaryl/α,β-unsaturated/α-hetero) is 1. The lowest BCUT2D eigenvalue weighted by Gasteiger charge is -2.29. The van der Waals surface area contributed by atoms with Crippen molar-refractivity contribution in [3.63, 3.8) is 0 Å². The predicted octanol–water partition coefficient (Wildman–Crippen LogP) is 5.57. The summed E-state index contributed by atoms with van der Waals surface area (Å²) in [7, 11) is 1.30. The Bertz CT molecular complexity index is 1520. The first-order valence-corrected chi connectivity index (χ1v) is 11.8. The number of dihydropyridines is 1. The van der Waals surface area contributed by atoms with E-state index >= 15 is 0 Å². The zero-order valence-electron chi connectivity index (χ0n) is 19.9. The Morgan fingerprint density at radius 3 is 2.43 bits per heavy atom. The number of methoxy groups -OCH3 is 1. The maximum absolute atomic E-state index is 13.5. The Kier molecular flexibility index (Phi) is 6.27. The molecular formula is C28H21ClN2O6. The third kappa shape index (κ3) is 4.25. The molecule has 0 fully saturated rings. The van der Waals surface area contributed by atoms with Crippen LogP contribution in [0.15, 0.2) is 83.6 Å². The van der Waals surface area contributed by atoms with E-state index in [4.69, 9.17) is 21.1 Å². The van der Waals surface area contributed by atoms with E-state index in [1.807, 2.05) is 12.1 Å². The zero-order valence-corrected chi connectivity index (χ0v) is 20.7. The zero-order chi connectivity index (χ0) is 26.3. The number of carbonyl (C=O) groups excluding carboxylic acids is 2. The molecule has 1 atom stereocenters. The largest absolute Gasteiger partial charge is 0.487 e. The molecule has 37 heavy (non-hydrogen) atoms. The minimum atomic E-state index is -0.690. The summed E-state index contributed by atoms with van der Waals surface area (Å²) >= 11 is 6.58. The summed E-state index contributed by atoms with van der Waals surface area (Å²) in [5, 5.41) is 14.4. The van der Waals surface area contributed by atoms with Crippen LogP contribution in [0.5, 0.6) is 5.75 Å². The molecule has 3 aromatic rings. The Hall–Kier alpha value is -4.43. The van der Waals surface area contributed by atoms with Crippen LogP contribution in [0, 0.1) is 10.1 Å². The van der Waals surface area contributed by atoms with Gasteiger partial charge in [-0.15, -0.1) is 0 Å². The minimum Gasteiger partial charge on any atom is -0.487 e. The number of nitrogens with one attached hydrogen (secondary N) is 1. The fourth-order valence-electron chi connectivity index (χ4n) is 4.73. The van der Waals surface area contributed by atoms with Crippen molar-refractivity contribution < 1.29 is 24.0 Å². The molecule has 0 amide bonds. The number of nitrogens with zero attached hydrogens (tertiary/aromatic N) is 1. The van der Waals surface area contributed by atoms with Crippen LogP contribution in [0.25, 0.3) is 5.70 Å². The lowest BCUT2D eigenvalue weighted by Crippen LogP contribution is -2.29. The van der Waals surface area contributed by atoms with Crippen LogP contribution in [0.4, 0.5) is 5.69 Å². The van der Waals surface area contributed by atoms with Gasteiger partial charge in [0.05, 0.1) is 28.3 Å². The van der Waals surface area contributed by atoms with Crippen molar-refractivity contribution in [1.82, 2.24) is 5.32 Å². The smallest absolute Gasteiger partial charge is 0.336 e. The number of fused-ring (bicyclic) bond motifs is 2. The molecule has 0 unspecified atom stereocenters. The summed E-state index contributed by atoms with van der Waals surface area (Å²) in [4.78, 5) is 36.7. The first-order valence-electron chi connectivity index (χ1n) is 11.4. The minimum absolute atomic E-state index is 0.00449. The summed E-state index contributed by atoms with van der Waals surface area (Å²) in [6, 6.07) is 18.5. The van der Waals surface area contributed by atoms with Crippen molar-refractivity contribution in [2.45, 2.75) is 19.4 Å². The molecule has 2 aliphatic rings. The van der Waals surface area contributed by atoms with E-state index in [-0.39, 0.29) is 18.1 Å². The normalized spacial score (nSPS) is 16.2. The van der Waals surface area contributed by atoms with Gasteiger partial charge in [0.1, 0.15) is 12.4 Å². The molecule has 8 nitrogen and oxygen atoms in total. The van der Waals surface area contributed by atoms with E-state index in [1.165, 1.54) is 19.2 Å². The number of ether oxygens (including phenoxy) is 2. The fraction of sp³-hybridized carbons (Fsp3) is 0.143. The average molecular weight is 517 g/mol. The summed E-state index contributed by atoms with van der Waals surface area (Å²) in [6.45, 7) is 1.93. The SMILES string of the molecule is COC(=O)C1=C(C)NC2=C(C(=O)c3ccccc32)[C@@H]1c1ccc(OCc2ccc([N+](=O)[O-])cc2)c(Cl)c1. The van der Waals surface area contributed by atoms with Crippen molar-refractivity contribution in [3.05, 3.63) is 121 Å². The summed E-state index contributed by atoms with van der Waals surface area (Å²) in [6.07, 6.45) is 0. The first kappa shape index (κ1) is 24.3. The highest BCUT2D eigenvalue weighted by Crippen LogP contribution is 2.47. The molecule has 1 N–H and O–H groups in total. The number of esters is 1. The molecule has 1 heterocycles. The molecule has 0 aromatic heterocycles.